The van der Waals surface area contributed by atoms with Crippen LogP contribution in [0, 0.1) is 0 Å². The molecule has 0 amide bonds. The molecule has 0 aromatic heterocycles. The topological polar surface area (TPSA) is 34.1 Å². The quantitative estimate of drug-likeness (QED) is 0.550. The third kappa shape index (κ3) is 46.6. The lowest BCUT2D eigenvalue weighted by molar-refractivity contribution is 0.621. The summed E-state index contributed by atoms with van der Waals surface area (Å²) in [5.74, 6) is 0. The number of unbranched alkanes of at least 4 members (excludes halogenated alkanes) is 4. The average molecular weight is 235 g/mol. The Balaban J connectivity index is 0. The third-order valence-electron chi connectivity index (χ3n) is 1.21. The lowest BCUT2D eigenvalue weighted by atomic mass is 10.2. The van der Waals surface area contributed by atoms with Gasteiger partial charge in [-0.2, -0.15) is 8.42 Å². The minimum Gasteiger partial charge on any atom is -0.195 e. The van der Waals surface area contributed by atoms with Crippen molar-refractivity contribution in [2.45, 2.75) is 46.0 Å². The van der Waals surface area contributed by atoms with Crippen molar-refractivity contribution < 1.29 is 8.42 Å². The van der Waals surface area contributed by atoms with Crippen molar-refractivity contribution in [3.63, 3.8) is 0 Å². The van der Waals surface area contributed by atoms with Crippen LogP contribution >= 0.6 is 21.4 Å². The molecule has 0 rings (SSSR count). The van der Waals surface area contributed by atoms with E-state index in [1.165, 1.54) is 32.1 Å². The second kappa shape index (κ2) is 9.62. The van der Waals surface area contributed by atoms with Crippen LogP contribution in [0.25, 0.3) is 0 Å². The zero-order valence-corrected chi connectivity index (χ0v) is 9.84. The highest BCUT2D eigenvalue weighted by atomic mass is 36.0. The first-order valence-electron chi connectivity index (χ1n) is 4.06. The van der Waals surface area contributed by atoms with Crippen LogP contribution in [0.3, 0.4) is 0 Å². The number of halogens is 2. The lowest BCUT2D eigenvalue weighted by Gasteiger charge is -1.90. The summed E-state index contributed by atoms with van der Waals surface area (Å²) < 4.78 is 18.3. The molecule has 5 heteroatoms. The van der Waals surface area contributed by atoms with Crippen LogP contribution in [0.1, 0.15) is 46.0 Å². The maximum Gasteiger partial charge on any atom is 0.317 e. The van der Waals surface area contributed by atoms with Gasteiger partial charge in [-0.1, -0.05) is 46.0 Å². The smallest absolute Gasteiger partial charge is 0.195 e. The van der Waals surface area contributed by atoms with Gasteiger partial charge in [-0.15, -0.1) is 0 Å². The molecule has 0 heterocycles. The summed E-state index contributed by atoms with van der Waals surface area (Å²) in [6.07, 6.45) is 7.01. The summed E-state index contributed by atoms with van der Waals surface area (Å²) >= 11 is 0. The Labute approximate surface area is 84.2 Å². The molecule has 0 spiro atoms. The molecule has 0 aliphatic rings. The molecule has 76 valence electrons. The predicted octanol–water partition coefficient (Wildman–Crippen LogP) is 3.69. The van der Waals surface area contributed by atoms with Crippen molar-refractivity contribution in [1.82, 2.24) is 0 Å². The van der Waals surface area contributed by atoms with Crippen LogP contribution in [0.2, 0.25) is 0 Å². The van der Waals surface area contributed by atoms with Crippen molar-refractivity contribution in [3.8, 4) is 0 Å². The normalized spacial score (nSPS) is 10.3. The van der Waals surface area contributed by atoms with Gasteiger partial charge < -0.3 is 0 Å². The standard InChI is InChI=1S/C7H16.Cl2O2S/c1-3-5-7-6-4-2;1-5(2,3)4/h3-7H2,1-2H3;. The van der Waals surface area contributed by atoms with E-state index in [1.807, 2.05) is 0 Å². The molecule has 0 radical (unpaired) electrons. The third-order valence-corrected chi connectivity index (χ3v) is 1.21. The van der Waals surface area contributed by atoms with E-state index in [1.54, 1.807) is 0 Å². The fourth-order valence-electron chi connectivity index (χ4n) is 0.677. The van der Waals surface area contributed by atoms with E-state index in [0.717, 1.165) is 0 Å². The molecule has 2 nitrogen and oxygen atoms in total. The van der Waals surface area contributed by atoms with Gasteiger partial charge in [0.15, 0.2) is 0 Å². The molecule has 0 N–H and O–H groups in total. The zero-order chi connectivity index (χ0) is 10.0. The Morgan fingerprint density at radius 3 is 1.33 bits per heavy atom. The summed E-state index contributed by atoms with van der Waals surface area (Å²) in [7, 11) is 4.81. The molecule has 0 fully saturated rings. The van der Waals surface area contributed by atoms with E-state index in [2.05, 4.69) is 35.2 Å². The Morgan fingerprint density at radius 1 is 0.917 bits per heavy atom. The van der Waals surface area contributed by atoms with Crippen LogP contribution < -0.4 is 0 Å². The van der Waals surface area contributed by atoms with Gasteiger partial charge in [-0.05, 0) is 0 Å². The fourth-order valence-corrected chi connectivity index (χ4v) is 0.677. The molecule has 0 aliphatic carbocycles. The first-order valence-corrected chi connectivity index (χ1v) is 7.19. The van der Waals surface area contributed by atoms with E-state index in [0.29, 0.717) is 0 Å². The monoisotopic (exact) mass is 234 g/mol. The maximum atomic E-state index is 9.16. The van der Waals surface area contributed by atoms with E-state index in [4.69, 9.17) is 8.42 Å². The molecule has 12 heavy (non-hydrogen) atoms. The maximum absolute atomic E-state index is 9.16. The summed E-state index contributed by atoms with van der Waals surface area (Å²) in [6.45, 7) is 4.49. The van der Waals surface area contributed by atoms with Crippen molar-refractivity contribution in [2.24, 2.45) is 0 Å². The average Bonchev–Trinajstić information content (AvgIpc) is 1.85. The van der Waals surface area contributed by atoms with Gasteiger partial charge in [0.2, 0.25) is 0 Å². The molecule has 0 saturated heterocycles. The molecule has 0 bridgehead atoms. The Bertz CT molecular complexity index is 154. The van der Waals surface area contributed by atoms with Gasteiger partial charge in [0, 0.05) is 21.4 Å². The van der Waals surface area contributed by atoms with Gasteiger partial charge in [0.1, 0.15) is 0 Å². The van der Waals surface area contributed by atoms with Crippen molar-refractivity contribution in [3.05, 3.63) is 0 Å². The van der Waals surface area contributed by atoms with Crippen molar-refractivity contribution >= 4 is 29.6 Å². The van der Waals surface area contributed by atoms with Crippen LogP contribution in [-0.4, -0.2) is 8.42 Å². The summed E-state index contributed by atoms with van der Waals surface area (Å²) in [4.78, 5) is 0. The molecule has 0 aromatic rings. The highest BCUT2D eigenvalue weighted by Crippen LogP contribution is 2.00. The van der Waals surface area contributed by atoms with Crippen molar-refractivity contribution in [1.29, 1.82) is 0 Å². The highest BCUT2D eigenvalue weighted by Gasteiger charge is 1.88. The Kier molecular flexibility index (Phi) is 12.0. The van der Waals surface area contributed by atoms with Gasteiger partial charge in [0.25, 0.3) is 0 Å². The van der Waals surface area contributed by atoms with Crippen molar-refractivity contribution in [2.75, 3.05) is 0 Å². The molecule has 0 saturated carbocycles. The molecule has 0 aliphatic heterocycles. The van der Waals surface area contributed by atoms with Crippen LogP contribution in [0.5, 0.6) is 0 Å². The molecule has 0 aromatic carbocycles. The Hall–Kier alpha value is 0.530. The van der Waals surface area contributed by atoms with E-state index < -0.39 is 8.26 Å². The molecular formula is C7H16Cl2O2S. The summed E-state index contributed by atoms with van der Waals surface area (Å²) in [5.41, 5.74) is 0. The number of hydrogen-bond acceptors (Lipinski definition) is 2. The first kappa shape index (κ1) is 15.0. The second-order valence-electron chi connectivity index (χ2n) is 2.44. The summed E-state index contributed by atoms with van der Waals surface area (Å²) in [6, 6.07) is 0. The Morgan fingerprint density at radius 2 is 1.17 bits per heavy atom. The van der Waals surface area contributed by atoms with Crippen LogP contribution in [0.4, 0.5) is 0 Å². The minimum absolute atomic E-state index is 1.36. The van der Waals surface area contributed by atoms with Crippen LogP contribution in [-0.2, 0) is 8.26 Å². The minimum atomic E-state index is -3.72. The molecular weight excluding hydrogens is 219 g/mol. The lowest BCUT2D eigenvalue weighted by Crippen LogP contribution is -1.70. The first-order chi connectivity index (χ1) is 5.41. The predicted molar refractivity (Wildman–Crippen MR) is 55.1 cm³/mol. The SMILES string of the molecule is CCCCCCC.O=S(=O)(Cl)Cl. The summed E-state index contributed by atoms with van der Waals surface area (Å²) in [5, 5.41) is 0. The van der Waals surface area contributed by atoms with Gasteiger partial charge in [-0.25, -0.2) is 0 Å². The number of rotatable bonds is 4. The second-order valence-corrected chi connectivity index (χ2v) is 6.11. The highest BCUT2D eigenvalue weighted by molar-refractivity contribution is 8.31. The van der Waals surface area contributed by atoms with E-state index in [-0.39, 0.29) is 0 Å². The van der Waals surface area contributed by atoms with Gasteiger partial charge in [-0.3, -0.25) is 0 Å². The molecule has 0 unspecified atom stereocenters. The zero-order valence-electron chi connectivity index (χ0n) is 7.52. The van der Waals surface area contributed by atoms with Crippen LogP contribution in [0.15, 0.2) is 0 Å². The fraction of sp³-hybridized carbons (Fsp3) is 1.00. The van der Waals surface area contributed by atoms with E-state index >= 15 is 0 Å². The number of hydrogen-bond donors (Lipinski definition) is 0. The largest absolute Gasteiger partial charge is 0.317 e. The van der Waals surface area contributed by atoms with Gasteiger partial charge >= 0.3 is 8.26 Å². The molecule has 0 atom stereocenters. The van der Waals surface area contributed by atoms with E-state index in [9.17, 15) is 0 Å². The van der Waals surface area contributed by atoms with Gasteiger partial charge in [0.05, 0.1) is 0 Å².